The van der Waals surface area contributed by atoms with Gasteiger partial charge in [-0.15, -0.1) is 0 Å². The number of aliphatic hydroxyl groups is 1. The molecule has 0 bridgehead atoms. The van der Waals surface area contributed by atoms with E-state index in [9.17, 15) is 9.90 Å². The number of amides is 2. The Kier molecular flexibility index (Phi) is 11.0. The first-order chi connectivity index (χ1) is 15.3. The number of unbranched alkanes of at least 4 members (excludes halogenated alkanes) is 1. The number of nitrogens with one attached hydrogen (secondary N) is 3. The molecule has 0 spiro atoms. The maximum absolute atomic E-state index is 12.4. The van der Waals surface area contributed by atoms with Gasteiger partial charge in [0.2, 0.25) is 22.9 Å². The molecule has 2 rings (SSSR count). The minimum atomic E-state index is -0.634. The lowest BCUT2D eigenvalue weighted by molar-refractivity contribution is -0.509. The molecule has 32 heavy (non-hydrogen) atoms. The number of nitrogens with zero attached hydrogens (tertiary/aromatic N) is 2. The quantitative estimate of drug-likeness (QED) is 0.182. The number of urea groups is 1. The van der Waals surface area contributed by atoms with E-state index < -0.39 is 6.10 Å². The van der Waals surface area contributed by atoms with Gasteiger partial charge in [-0.2, -0.15) is 0 Å². The molecule has 2 unspecified atom stereocenters. The van der Waals surface area contributed by atoms with Crippen molar-refractivity contribution in [3.63, 3.8) is 0 Å². The molecule has 4 N–H and O–H groups in total. The first kappa shape index (κ1) is 26.7. The number of benzene rings is 1. The molecule has 0 fully saturated rings. The van der Waals surface area contributed by atoms with Gasteiger partial charge < -0.3 is 21.1 Å². The van der Waals surface area contributed by atoms with Crippen LogP contribution in [0.1, 0.15) is 58.4 Å². The predicted octanol–water partition coefficient (Wildman–Crippen LogP) is 4.59. The first-order valence-electron chi connectivity index (χ1n) is 11.9. The average molecular weight is 559 g/mol. The zero-order chi connectivity index (χ0) is 23.7. The van der Waals surface area contributed by atoms with Gasteiger partial charge in [0, 0.05) is 24.3 Å². The minimum Gasteiger partial charge on any atom is -0.379 e. The van der Waals surface area contributed by atoms with Crippen molar-refractivity contribution in [2.75, 3.05) is 37.3 Å². The molecule has 0 saturated heterocycles. The summed E-state index contributed by atoms with van der Waals surface area (Å²) in [7, 11) is 2.02. The summed E-state index contributed by atoms with van der Waals surface area (Å²) in [6, 6.07) is 5.46. The number of amidine groups is 1. The zero-order valence-corrected chi connectivity index (χ0v) is 22.4. The van der Waals surface area contributed by atoms with E-state index in [2.05, 4.69) is 60.4 Å². The van der Waals surface area contributed by atoms with Crippen LogP contribution in [-0.4, -0.2) is 63.5 Å². The van der Waals surface area contributed by atoms with Crippen molar-refractivity contribution in [2.45, 2.75) is 71.9 Å². The highest BCUT2D eigenvalue weighted by molar-refractivity contribution is 14.1. The van der Waals surface area contributed by atoms with E-state index in [1.807, 2.05) is 39.1 Å². The van der Waals surface area contributed by atoms with E-state index in [-0.39, 0.29) is 12.1 Å². The minimum absolute atomic E-state index is 0.178. The summed E-state index contributed by atoms with van der Waals surface area (Å²) in [5, 5.41) is 20.4. The van der Waals surface area contributed by atoms with Crippen LogP contribution in [0.2, 0.25) is 0 Å². The second kappa shape index (κ2) is 13.2. The number of aliphatic hydroxyl groups excluding tert-OH is 1. The monoisotopic (exact) mass is 558 g/mol. The van der Waals surface area contributed by atoms with Gasteiger partial charge in [-0.3, -0.25) is 4.58 Å². The largest absolute Gasteiger partial charge is 0.379 e. The molecule has 180 valence electrons. The molecule has 1 heterocycles. The van der Waals surface area contributed by atoms with Gasteiger partial charge in [0.15, 0.2) is 6.10 Å². The molecule has 7 nitrogen and oxygen atoms in total. The molecular weight excluding hydrogens is 517 g/mol. The van der Waals surface area contributed by atoms with Crippen LogP contribution in [0.3, 0.4) is 0 Å². The Morgan fingerprint density at radius 3 is 2.75 bits per heavy atom. The lowest BCUT2D eigenvalue weighted by Crippen LogP contribution is -2.50. The molecule has 1 aromatic carbocycles. The molecule has 1 aromatic rings. The topological polar surface area (TPSA) is 79.6 Å². The van der Waals surface area contributed by atoms with Crippen LogP contribution in [0, 0.1) is 12.8 Å². The average Bonchev–Trinajstić information content (AvgIpc) is 2.76. The van der Waals surface area contributed by atoms with Crippen LogP contribution >= 0.6 is 22.9 Å². The Hall–Kier alpha value is -1.55. The maximum Gasteiger partial charge on any atom is 0.319 e. The summed E-state index contributed by atoms with van der Waals surface area (Å²) in [6.07, 6.45) is 5.05. The Morgan fingerprint density at radius 1 is 1.34 bits per heavy atom. The SMILES string of the molecule is CCCC[C@H](CC)CNC(=O)Nc1ccc(C)c(NC(C)C(O)C2=[N+](C)CCCN2I)c1. The molecule has 1 aliphatic rings. The number of carbonyl (C=O) groups is 1. The second-order valence-electron chi connectivity index (χ2n) is 8.88. The van der Waals surface area contributed by atoms with E-state index in [1.165, 1.54) is 12.8 Å². The maximum atomic E-state index is 12.4. The highest BCUT2D eigenvalue weighted by Crippen LogP contribution is 2.23. The molecule has 0 aromatic heterocycles. The first-order valence-corrected chi connectivity index (χ1v) is 12.8. The fourth-order valence-corrected chi connectivity index (χ4v) is 4.98. The van der Waals surface area contributed by atoms with Crippen molar-refractivity contribution >= 4 is 46.1 Å². The molecule has 8 heteroatoms. The molecule has 1 aliphatic heterocycles. The molecule has 0 radical (unpaired) electrons. The van der Waals surface area contributed by atoms with Crippen LogP contribution in [0.25, 0.3) is 0 Å². The number of aryl methyl sites for hydroxylation is 1. The van der Waals surface area contributed by atoms with E-state index in [0.717, 1.165) is 55.1 Å². The lowest BCUT2D eigenvalue weighted by Gasteiger charge is -2.28. The van der Waals surface area contributed by atoms with Gasteiger partial charge in [0.25, 0.3) is 5.84 Å². The fraction of sp³-hybridized carbons (Fsp3) is 0.667. The zero-order valence-electron chi connectivity index (χ0n) is 20.2. The van der Waals surface area contributed by atoms with Crippen LogP contribution in [0.5, 0.6) is 0 Å². The Balaban J connectivity index is 1.99. The number of carbonyl (C=O) groups excluding carboxylic acids is 1. The summed E-state index contributed by atoms with van der Waals surface area (Å²) < 4.78 is 4.22. The third kappa shape index (κ3) is 7.79. The molecule has 2 amide bonds. The van der Waals surface area contributed by atoms with Crippen LogP contribution < -0.4 is 16.0 Å². The van der Waals surface area contributed by atoms with Crippen molar-refractivity contribution in [3.8, 4) is 0 Å². The number of anilines is 2. The third-order valence-corrected chi connectivity index (χ3v) is 7.18. The Labute approximate surface area is 207 Å². The fourth-order valence-electron chi connectivity index (χ4n) is 3.99. The Bertz CT molecular complexity index is 786. The highest BCUT2D eigenvalue weighted by atomic mass is 127. The van der Waals surface area contributed by atoms with Gasteiger partial charge in [0.1, 0.15) is 0 Å². The van der Waals surface area contributed by atoms with Crippen molar-refractivity contribution in [3.05, 3.63) is 23.8 Å². The third-order valence-electron chi connectivity index (χ3n) is 6.20. The van der Waals surface area contributed by atoms with Crippen molar-refractivity contribution in [1.82, 2.24) is 8.43 Å². The van der Waals surface area contributed by atoms with Gasteiger partial charge in [-0.1, -0.05) is 39.2 Å². The number of hydrogen-bond acceptors (Lipinski definition) is 4. The van der Waals surface area contributed by atoms with Gasteiger partial charge >= 0.3 is 6.03 Å². The van der Waals surface area contributed by atoms with Crippen LogP contribution in [-0.2, 0) is 0 Å². The summed E-state index contributed by atoms with van der Waals surface area (Å²) >= 11 is 2.27. The molecular formula is C24H41IN5O2+. The summed E-state index contributed by atoms with van der Waals surface area (Å²) in [4.78, 5) is 12.4. The summed E-state index contributed by atoms with van der Waals surface area (Å²) in [6.45, 7) is 11.0. The van der Waals surface area contributed by atoms with Gasteiger partial charge in [0.05, 0.1) is 26.2 Å². The van der Waals surface area contributed by atoms with Crippen molar-refractivity contribution in [1.29, 1.82) is 0 Å². The lowest BCUT2D eigenvalue weighted by atomic mass is 9.99. The smallest absolute Gasteiger partial charge is 0.319 e. The Morgan fingerprint density at radius 2 is 2.09 bits per heavy atom. The normalized spacial score (nSPS) is 17.0. The summed E-state index contributed by atoms with van der Waals surface area (Å²) in [5.41, 5.74) is 2.70. The molecule has 3 atom stereocenters. The standard InChI is InChI=1S/C24H40IN5O2/c1-6-8-10-19(7-2)16-26-24(32)28-20-12-11-17(3)21(15-20)27-18(4)22(31)23-29(5)13-9-14-30(23)25/h11-12,15,18-19,22,27,31H,6-10,13-14,16H2,1-5H3,(H-,26,28,32)/p+1/t18?,19-,22?/m0/s1. The van der Waals surface area contributed by atoms with Crippen molar-refractivity contribution in [2.24, 2.45) is 5.92 Å². The van der Waals surface area contributed by atoms with E-state index in [1.54, 1.807) is 0 Å². The van der Waals surface area contributed by atoms with Crippen LogP contribution in [0.15, 0.2) is 18.2 Å². The van der Waals surface area contributed by atoms with E-state index in [4.69, 9.17) is 0 Å². The summed E-state index contributed by atoms with van der Waals surface area (Å²) in [5.74, 6) is 1.45. The molecule has 0 aliphatic carbocycles. The predicted molar refractivity (Wildman–Crippen MR) is 142 cm³/mol. The number of hydrogen-bond donors (Lipinski definition) is 4. The van der Waals surface area contributed by atoms with Gasteiger partial charge in [-0.25, -0.2) is 7.91 Å². The van der Waals surface area contributed by atoms with Crippen molar-refractivity contribution < 1.29 is 14.5 Å². The second-order valence-corrected chi connectivity index (χ2v) is 10.0. The number of rotatable bonds is 11. The highest BCUT2D eigenvalue weighted by Gasteiger charge is 2.34. The van der Waals surface area contributed by atoms with Crippen LogP contribution in [0.4, 0.5) is 16.2 Å². The molecule has 0 saturated carbocycles. The van der Waals surface area contributed by atoms with Gasteiger partial charge in [-0.05, 0) is 43.9 Å². The van der Waals surface area contributed by atoms with E-state index >= 15 is 0 Å². The van der Waals surface area contributed by atoms with E-state index in [0.29, 0.717) is 12.5 Å². The number of halogens is 1.